The molecule has 3 heteroatoms. The van der Waals surface area contributed by atoms with Crippen molar-refractivity contribution in [1.29, 1.82) is 0 Å². The fraction of sp³-hybridized carbons (Fsp3) is 0.214. The van der Waals surface area contributed by atoms with Crippen molar-refractivity contribution in [2.24, 2.45) is 0 Å². The van der Waals surface area contributed by atoms with Crippen LogP contribution in [0.5, 0.6) is 0 Å². The summed E-state index contributed by atoms with van der Waals surface area (Å²) in [6, 6.07) is 8.36. The molecule has 0 aliphatic heterocycles. The van der Waals surface area contributed by atoms with Crippen molar-refractivity contribution in [3.8, 4) is 11.3 Å². The van der Waals surface area contributed by atoms with Crippen molar-refractivity contribution in [3.05, 3.63) is 51.6 Å². The van der Waals surface area contributed by atoms with Gasteiger partial charge in [0, 0.05) is 35.7 Å². The normalized spacial score (nSPS) is 9.88. The number of rotatable bonds is 1. The van der Waals surface area contributed by atoms with Gasteiger partial charge in [0.05, 0.1) is 5.69 Å². The van der Waals surface area contributed by atoms with E-state index in [4.69, 9.17) is 0 Å². The summed E-state index contributed by atoms with van der Waals surface area (Å²) >= 11 is 3.56. The third kappa shape index (κ3) is 3.02. The molecule has 2 aromatic rings. The Bertz CT molecular complexity index is 514. The SMILES string of the molecule is Cc1cc(C)c(-c2ncccc2Br)c(C)c1.[Ru]. The number of aryl methyl sites for hydroxylation is 3. The minimum absolute atomic E-state index is 0. The minimum Gasteiger partial charge on any atom is -0.255 e. The van der Waals surface area contributed by atoms with E-state index in [2.05, 4.69) is 53.8 Å². The van der Waals surface area contributed by atoms with Crippen LogP contribution < -0.4 is 0 Å². The molecule has 0 saturated carbocycles. The Labute approximate surface area is 124 Å². The van der Waals surface area contributed by atoms with Gasteiger partial charge in [-0.1, -0.05) is 17.7 Å². The largest absolute Gasteiger partial charge is 0.255 e. The van der Waals surface area contributed by atoms with Crippen molar-refractivity contribution >= 4 is 15.9 Å². The predicted molar refractivity (Wildman–Crippen MR) is 71.6 cm³/mol. The standard InChI is InChI=1S/C14H14BrN.Ru/c1-9-7-10(2)13(11(3)8-9)14-12(15)5-4-6-16-14;/h4-8H,1-3H3;. The van der Waals surface area contributed by atoms with Crippen LogP contribution in [0.25, 0.3) is 11.3 Å². The molecular weight excluding hydrogens is 363 g/mol. The molecule has 1 nitrogen and oxygen atoms in total. The van der Waals surface area contributed by atoms with Crippen molar-refractivity contribution in [1.82, 2.24) is 4.98 Å². The molecule has 1 heterocycles. The van der Waals surface area contributed by atoms with Crippen LogP contribution >= 0.6 is 15.9 Å². The van der Waals surface area contributed by atoms with Gasteiger partial charge in [0.15, 0.2) is 0 Å². The molecule has 0 aliphatic carbocycles. The number of hydrogen-bond acceptors (Lipinski definition) is 1. The average Bonchev–Trinajstić information content (AvgIpc) is 2.19. The first-order chi connectivity index (χ1) is 7.59. The smallest absolute Gasteiger partial charge is 0.0849 e. The van der Waals surface area contributed by atoms with Gasteiger partial charge >= 0.3 is 0 Å². The monoisotopic (exact) mass is 377 g/mol. The van der Waals surface area contributed by atoms with Crippen LogP contribution in [0.15, 0.2) is 34.9 Å². The number of nitrogens with zero attached hydrogens (tertiary/aromatic N) is 1. The summed E-state index contributed by atoms with van der Waals surface area (Å²) in [6.45, 7) is 6.39. The van der Waals surface area contributed by atoms with Crippen LogP contribution in [0.1, 0.15) is 16.7 Å². The van der Waals surface area contributed by atoms with Crippen molar-refractivity contribution in [3.63, 3.8) is 0 Å². The Kier molecular flexibility index (Phi) is 5.03. The van der Waals surface area contributed by atoms with Gasteiger partial charge in [-0.3, -0.25) is 4.98 Å². The molecule has 17 heavy (non-hydrogen) atoms. The van der Waals surface area contributed by atoms with E-state index in [0.717, 1.165) is 10.2 Å². The molecule has 0 aliphatic rings. The molecule has 0 saturated heterocycles. The zero-order valence-electron chi connectivity index (χ0n) is 10.1. The Morgan fingerprint density at radius 3 is 2.18 bits per heavy atom. The molecule has 0 spiro atoms. The zero-order chi connectivity index (χ0) is 11.7. The van der Waals surface area contributed by atoms with Crippen LogP contribution in [-0.2, 0) is 19.5 Å². The Morgan fingerprint density at radius 2 is 1.65 bits per heavy atom. The van der Waals surface area contributed by atoms with Gasteiger partial charge in [-0.25, -0.2) is 0 Å². The van der Waals surface area contributed by atoms with E-state index in [-0.39, 0.29) is 19.5 Å². The topological polar surface area (TPSA) is 12.9 Å². The first-order valence-corrected chi connectivity index (χ1v) is 6.07. The first kappa shape index (κ1) is 14.5. The number of aromatic nitrogens is 1. The molecule has 0 unspecified atom stereocenters. The zero-order valence-corrected chi connectivity index (χ0v) is 13.4. The van der Waals surface area contributed by atoms with Crippen LogP contribution in [-0.4, -0.2) is 4.98 Å². The second-order valence-electron chi connectivity index (χ2n) is 4.11. The van der Waals surface area contributed by atoms with Gasteiger partial charge in [-0.15, -0.1) is 0 Å². The predicted octanol–water partition coefficient (Wildman–Crippen LogP) is 4.43. The fourth-order valence-electron chi connectivity index (χ4n) is 2.12. The number of pyridine rings is 1. The average molecular weight is 377 g/mol. The second kappa shape index (κ2) is 5.88. The maximum absolute atomic E-state index is 4.45. The Balaban J connectivity index is 0.00000144. The summed E-state index contributed by atoms with van der Waals surface area (Å²) in [5.41, 5.74) is 6.11. The molecule has 1 aromatic carbocycles. The van der Waals surface area contributed by atoms with E-state index >= 15 is 0 Å². The summed E-state index contributed by atoms with van der Waals surface area (Å²) in [6.07, 6.45) is 1.83. The third-order valence-electron chi connectivity index (χ3n) is 2.67. The Hall–Kier alpha value is -0.527. The third-order valence-corrected chi connectivity index (χ3v) is 3.31. The van der Waals surface area contributed by atoms with E-state index in [9.17, 15) is 0 Å². The van der Waals surface area contributed by atoms with Crippen LogP contribution in [0, 0.1) is 20.8 Å². The first-order valence-electron chi connectivity index (χ1n) is 5.28. The second-order valence-corrected chi connectivity index (χ2v) is 4.96. The molecular formula is C14H14BrNRu. The summed E-state index contributed by atoms with van der Waals surface area (Å²) in [5, 5.41) is 0. The van der Waals surface area contributed by atoms with Crippen molar-refractivity contribution in [2.45, 2.75) is 20.8 Å². The Morgan fingerprint density at radius 1 is 1.06 bits per heavy atom. The van der Waals surface area contributed by atoms with E-state index in [0.29, 0.717) is 0 Å². The molecule has 2 rings (SSSR count). The van der Waals surface area contributed by atoms with Crippen molar-refractivity contribution in [2.75, 3.05) is 0 Å². The van der Waals surface area contributed by atoms with Gasteiger partial charge < -0.3 is 0 Å². The van der Waals surface area contributed by atoms with E-state index in [1.807, 2.05) is 18.3 Å². The molecule has 0 N–H and O–H groups in total. The number of halogens is 1. The quantitative estimate of drug-likeness (QED) is 0.670. The molecule has 0 atom stereocenters. The maximum Gasteiger partial charge on any atom is 0.0849 e. The summed E-state index contributed by atoms with van der Waals surface area (Å²) in [7, 11) is 0. The summed E-state index contributed by atoms with van der Waals surface area (Å²) in [4.78, 5) is 4.45. The van der Waals surface area contributed by atoms with Gasteiger partial charge in [0.2, 0.25) is 0 Å². The summed E-state index contributed by atoms with van der Waals surface area (Å²) in [5.74, 6) is 0. The number of benzene rings is 1. The van der Waals surface area contributed by atoms with Gasteiger partial charge in [0.25, 0.3) is 0 Å². The van der Waals surface area contributed by atoms with Crippen LogP contribution in [0.4, 0.5) is 0 Å². The summed E-state index contributed by atoms with van der Waals surface area (Å²) < 4.78 is 1.05. The minimum atomic E-state index is 0. The van der Waals surface area contributed by atoms with Gasteiger partial charge in [0.1, 0.15) is 0 Å². The van der Waals surface area contributed by atoms with Gasteiger partial charge in [-0.05, 0) is 60.0 Å². The molecule has 0 fully saturated rings. The number of hydrogen-bond donors (Lipinski definition) is 0. The van der Waals surface area contributed by atoms with Gasteiger partial charge in [-0.2, -0.15) is 0 Å². The molecule has 0 amide bonds. The molecule has 0 radical (unpaired) electrons. The van der Waals surface area contributed by atoms with E-state index in [1.165, 1.54) is 22.3 Å². The maximum atomic E-state index is 4.45. The molecule has 0 bridgehead atoms. The van der Waals surface area contributed by atoms with Crippen molar-refractivity contribution < 1.29 is 19.5 Å². The fourth-order valence-corrected chi connectivity index (χ4v) is 2.58. The molecule has 90 valence electrons. The van der Waals surface area contributed by atoms with E-state index < -0.39 is 0 Å². The molecule has 1 aromatic heterocycles. The van der Waals surface area contributed by atoms with Crippen LogP contribution in [0.2, 0.25) is 0 Å². The van der Waals surface area contributed by atoms with E-state index in [1.54, 1.807) is 0 Å². The van der Waals surface area contributed by atoms with Crippen LogP contribution in [0.3, 0.4) is 0 Å².